The molecule has 1 atom stereocenters. The summed E-state index contributed by atoms with van der Waals surface area (Å²) >= 11 is 1.48. The minimum absolute atomic E-state index is 0.0732. The van der Waals surface area contributed by atoms with Crippen molar-refractivity contribution in [2.75, 3.05) is 18.0 Å². The van der Waals surface area contributed by atoms with Gasteiger partial charge in [0.15, 0.2) is 0 Å². The third-order valence-electron chi connectivity index (χ3n) is 4.14. The van der Waals surface area contributed by atoms with Gasteiger partial charge in [-0.2, -0.15) is 4.37 Å². The second kappa shape index (κ2) is 5.31. The van der Waals surface area contributed by atoms with Gasteiger partial charge in [0, 0.05) is 30.5 Å². The van der Waals surface area contributed by atoms with Crippen LogP contribution < -0.4 is 10.6 Å². The van der Waals surface area contributed by atoms with Crippen LogP contribution in [0.2, 0.25) is 0 Å². The maximum atomic E-state index is 11.1. The van der Waals surface area contributed by atoms with Crippen LogP contribution in [0.15, 0.2) is 6.33 Å². The van der Waals surface area contributed by atoms with Crippen LogP contribution in [0.5, 0.6) is 0 Å². The zero-order valence-corrected chi connectivity index (χ0v) is 12.9. The summed E-state index contributed by atoms with van der Waals surface area (Å²) in [5.41, 5.74) is 5.21. The van der Waals surface area contributed by atoms with Crippen molar-refractivity contribution in [1.29, 1.82) is 0 Å². The van der Waals surface area contributed by atoms with E-state index in [0.717, 1.165) is 36.9 Å². The summed E-state index contributed by atoms with van der Waals surface area (Å²) in [5.74, 6) is 1.06. The molecule has 2 aromatic rings. The fraction of sp³-hybridized carbons (Fsp3) is 0.615. The lowest BCUT2D eigenvalue weighted by molar-refractivity contribution is 0.0990. The monoisotopic (exact) mass is 319 g/mol. The van der Waals surface area contributed by atoms with Crippen LogP contribution in [0.4, 0.5) is 5.13 Å². The maximum Gasteiger partial charge on any atom is 0.288 e. The van der Waals surface area contributed by atoms with Crippen LogP contribution in [0.3, 0.4) is 0 Å². The van der Waals surface area contributed by atoms with Crippen molar-refractivity contribution < 1.29 is 4.79 Å². The Morgan fingerprint density at radius 1 is 1.36 bits per heavy atom. The first-order valence-corrected chi connectivity index (χ1v) is 8.27. The van der Waals surface area contributed by atoms with Crippen molar-refractivity contribution in [3.8, 4) is 0 Å². The molecule has 1 saturated heterocycles. The normalized spacial score (nSPS) is 22.0. The first-order chi connectivity index (χ1) is 10.7. The third kappa shape index (κ3) is 2.56. The van der Waals surface area contributed by atoms with Gasteiger partial charge in [0.25, 0.3) is 5.91 Å². The number of rotatable bonds is 4. The molecular weight excluding hydrogens is 302 g/mol. The summed E-state index contributed by atoms with van der Waals surface area (Å²) in [6, 6.07) is 0.183. The average molecular weight is 319 g/mol. The van der Waals surface area contributed by atoms with E-state index < -0.39 is 5.91 Å². The number of nitrogens with two attached hydrogens (primary N) is 1. The highest BCUT2D eigenvalue weighted by Gasteiger charge is 2.30. The Labute approximate surface area is 131 Å². The van der Waals surface area contributed by atoms with Crippen molar-refractivity contribution in [1.82, 2.24) is 24.1 Å². The van der Waals surface area contributed by atoms with Crippen molar-refractivity contribution in [3.63, 3.8) is 0 Å². The van der Waals surface area contributed by atoms with Gasteiger partial charge in [-0.25, -0.2) is 14.6 Å². The third-order valence-corrected chi connectivity index (χ3v) is 4.93. The van der Waals surface area contributed by atoms with E-state index in [0.29, 0.717) is 5.92 Å². The van der Waals surface area contributed by atoms with Gasteiger partial charge in [-0.05, 0) is 25.7 Å². The highest BCUT2D eigenvalue weighted by atomic mass is 32.1. The Kier molecular flexibility index (Phi) is 3.29. The van der Waals surface area contributed by atoms with E-state index in [1.165, 1.54) is 24.4 Å². The zero-order chi connectivity index (χ0) is 15.1. The Balaban J connectivity index is 1.49. The van der Waals surface area contributed by atoms with Gasteiger partial charge < -0.3 is 10.6 Å². The predicted molar refractivity (Wildman–Crippen MR) is 80.9 cm³/mol. The van der Waals surface area contributed by atoms with Crippen LogP contribution >= 0.6 is 11.5 Å². The van der Waals surface area contributed by atoms with E-state index in [1.807, 2.05) is 0 Å². The number of anilines is 1. The molecular formula is C13H17N7OS. The Morgan fingerprint density at radius 3 is 2.95 bits per heavy atom. The molecule has 1 aliphatic heterocycles. The zero-order valence-electron chi connectivity index (χ0n) is 12.1. The quantitative estimate of drug-likeness (QED) is 0.900. The molecule has 4 rings (SSSR count). The van der Waals surface area contributed by atoms with E-state index in [4.69, 9.17) is 5.73 Å². The topological polar surface area (TPSA) is 103 Å². The van der Waals surface area contributed by atoms with Gasteiger partial charge in [0.1, 0.15) is 12.2 Å². The number of piperidine rings is 1. The number of carbonyl (C=O) groups excluding carboxylic acids is 1. The number of amides is 1. The van der Waals surface area contributed by atoms with Gasteiger partial charge in [0.05, 0.1) is 6.04 Å². The minimum atomic E-state index is -0.593. The molecule has 9 heteroatoms. The highest BCUT2D eigenvalue weighted by Crippen LogP contribution is 2.40. The number of primary amides is 1. The second-order valence-corrected chi connectivity index (χ2v) is 6.59. The molecule has 0 bridgehead atoms. The van der Waals surface area contributed by atoms with Crippen LogP contribution in [-0.2, 0) is 0 Å². The first-order valence-electron chi connectivity index (χ1n) is 7.50. The van der Waals surface area contributed by atoms with Gasteiger partial charge in [-0.3, -0.25) is 4.79 Å². The van der Waals surface area contributed by atoms with Gasteiger partial charge in [-0.1, -0.05) is 0 Å². The lowest BCUT2D eigenvalue weighted by atomic mass is 10.1. The fourth-order valence-corrected chi connectivity index (χ4v) is 3.55. The lowest BCUT2D eigenvalue weighted by Crippen LogP contribution is -2.36. The number of carbonyl (C=O) groups is 1. The van der Waals surface area contributed by atoms with Crippen LogP contribution in [-0.4, -0.2) is 43.1 Å². The number of aromatic nitrogens is 5. The molecule has 3 heterocycles. The number of hydrogen-bond donors (Lipinski definition) is 1. The van der Waals surface area contributed by atoms with Crippen molar-refractivity contribution >= 4 is 22.6 Å². The molecule has 1 aliphatic carbocycles. The summed E-state index contributed by atoms with van der Waals surface area (Å²) in [5, 5.41) is 5.16. The Bertz CT molecular complexity index is 692. The van der Waals surface area contributed by atoms with E-state index >= 15 is 0 Å². The Hall–Kier alpha value is -2.03. The summed E-state index contributed by atoms with van der Waals surface area (Å²) < 4.78 is 6.22. The predicted octanol–water partition coefficient (Wildman–Crippen LogP) is 0.947. The molecule has 116 valence electrons. The van der Waals surface area contributed by atoms with Crippen molar-refractivity contribution in [2.24, 2.45) is 5.73 Å². The average Bonchev–Trinajstić information content (AvgIpc) is 3.06. The maximum absolute atomic E-state index is 11.1. The summed E-state index contributed by atoms with van der Waals surface area (Å²) in [6.07, 6.45) is 6.08. The van der Waals surface area contributed by atoms with Crippen molar-refractivity contribution in [2.45, 2.75) is 37.6 Å². The summed E-state index contributed by atoms with van der Waals surface area (Å²) in [4.78, 5) is 22.0. The van der Waals surface area contributed by atoms with Gasteiger partial charge in [-0.15, -0.1) is 5.10 Å². The van der Waals surface area contributed by atoms with Gasteiger partial charge in [0.2, 0.25) is 11.0 Å². The molecule has 8 nitrogen and oxygen atoms in total. The first kappa shape index (κ1) is 13.6. The Morgan fingerprint density at radius 2 is 2.23 bits per heavy atom. The smallest absolute Gasteiger partial charge is 0.288 e. The van der Waals surface area contributed by atoms with E-state index in [9.17, 15) is 4.79 Å². The summed E-state index contributed by atoms with van der Waals surface area (Å²) in [6.45, 7) is 1.79. The lowest BCUT2D eigenvalue weighted by Gasteiger charge is -2.32. The molecule has 2 fully saturated rings. The molecule has 2 aliphatic rings. The van der Waals surface area contributed by atoms with Gasteiger partial charge >= 0.3 is 0 Å². The molecule has 0 spiro atoms. The largest absolute Gasteiger partial charge is 0.363 e. The highest BCUT2D eigenvalue weighted by molar-refractivity contribution is 7.09. The molecule has 0 unspecified atom stereocenters. The molecule has 22 heavy (non-hydrogen) atoms. The van der Waals surface area contributed by atoms with Crippen LogP contribution in [0.25, 0.3) is 0 Å². The van der Waals surface area contributed by atoms with Crippen molar-refractivity contribution in [3.05, 3.63) is 18.0 Å². The number of hydrogen-bond acceptors (Lipinski definition) is 7. The second-order valence-electron chi connectivity index (χ2n) is 5.86. The number of nitrogens with zero attached hydrogens (tertiary/aromatic N) is 6. The molecule has 1 saturated carbocycles. The molecule has 1 amide bonds. The van der Waals surface area contributed by atoms with E-state index in [1.54, 1.807) is 11.0 Å². The minimum Gasteiger partial charge on any atom is -0.363 e. The van der Waals surface area contributed by atoms with Crippen LogP contribution in [0.1, 0.15) is 54.1 Å². The molecule has 2 aromatic heterocycles. The fourth-order valence-electron chi connectivity index (χ4n) is 2.77. The standard InChI is InChI=1S/C13H17N7OS/c14-10(21)12-15-7-20(17-12)9-2-1-5-19(6-9)13-16-11(18-22-13)8-3-4-8/h7-9H,1-6H2,(H2,14,21)/t9-/m0/s1. The van der Waals surface area contributed by atoms with Crippen LogP contribution in [0, 0.1) is 0 Å². The van der Waals surface area contributed by atoms with E-state index in [-0.39, 0.29) is 11.9 Å². The summed E-state index contributed by atoms with van der Waals surface area (Å²) in [7, 11) is 0. The molecule has 0 aromatic carbocycles. The van der Waals surface area contributed by atoms with E-state index in [2.05, 4.69) is 24.3 Å². The molecule has 0 radical (unpaired) electrons. The molecule has 2 N–H and O–H groups in total. The SMILES string of the molecule is NC(=O)c1ncn([C@H]2CCCN(c3nc(C4CC4)ns3)C2)n1.